The molecule has 0 radical (unpaired) electrons. The first kappa shape index (κ1) is 18.6. The van der Waals surface area contributed by atoms with Gasteiger partial charge in [0.15, 0.2) is 0 Å². The number of rotatable bonds is 5. The summed E-state index contributed by atoms with van der Waals surface area (Å²) in [6, 6.07) is 0. The molecule has 0 spiro atoms. The van der Waals surface area contributed by atoms with Gasteiger partial charge in [0.25, 0.3) is 0 Å². The summed E-state index contributed by atoms with van der Waals surface area (Å²) in [7, 11) is 0. The number of halogens is 1. The maximum atomic E-state index is 13.0. The standard InChI is InChI=1S/C22H37IO2/c1-7-20(3,4)19(24)25-22(8-2)13-21(23(5)6)12-16(22)17-14-9-10-15(11-14)18(17)21/h14-18H,7-13H2,1-6H3. The number of carbonyl (C=O) groups is 1. The molecule has 0 heterocycles. The molecule has 0 saturated heterocycles. The minimum absolute atomic E-state index is 0.0619. The van der Waals surface area contributed by atoms with Crippen molar-refractivity contribution in [1.29, 1.82) is 0 Å². The Morgan fingerprint density at radius 1 is 1.20 bits per heavy atom. The zero-order valence-electron chi connectivity index (χ0n) is 17.0. The van der Waals surface area contributed by atoms with Crippen molar-refractivity contribution in [1.82, 2.24) is 0 Å². The molecule has 4 aliphatic carbocycles. The number of hydrogen-bond acceptors (Lipinski definition) is 2. The van der Waals surface area contributed by atoms with Crippen molar-refractivity contribution in [2.45, 2.75) is 81.7 Å². The summed E-state index contributed by atoms with van der Waals surface area (Å²) < 4.78 is 7.10. The van der Waals surface area contributed by atoms with Gasteiger partial charge in [-0.25, -0.2) is 0 Å². The fourth-order valence-electron chi connectivity index (χ4n) is 7.25. The molecule has 0 aromatic carbocycles. The molecular weight excluding hydrogens is 423 g/mol. The van der Waals surface area contributed by atoms with Gasteiger partial charge in [-0.3, -0.25) is 0 Å². The van der Waals surface area contributed by atoms with Crippen molar-refractivity contribution in [3.63, 3.8) is 0 Å². The molecule has 4 fully saturated rings. The maximum absolute atomic E-state index is 13.0. The Bertz CT molecular complexity index is 570. The topological polar surface area (TPSA) is 26.3 Å². The van der Waals surface area contributed by atoms with E-state index in [0.29, 0.717) is 9.34 Å². The van der Waals surface area contributed by atoms with E-state index in [4.69, 9.17) is 4.74 Å². The molecule has 2 nitrogen and oxygen atoms in total. The van der Waals surface area contributed by atoms with Crippen LogP contribution in [0.4, 0.5) is 0 Å². The Morgan fingerprint density at radius 3 is 2.48 bits per heavy atom. The number of hydrogen-bond donors (Lipinski definition) is 0. The number of esters is 1. The summed E-state index contributed by atoms with van der Waals surface area (Å²) in [5.74, 6) is 4.55. The zero-order chi connectivity index (χ0) is 18.2. The molecule has 4 aliphatic rings. The van der Waals surface area contributed by atoms with Gasteiger partial charge in [-0.2, -0.15) is 0 Å². The van der Waals surface area contributed by atoms with Crippen LogP contribution in [0.25, 0.3) is 0 Å². The third kappa shape index (κ3) is 2.35. The van der Waals surface area contributed by atoms with Crippen LogP contribution in [-0.4, -0.2) is 24.9 Å². The van der Waals surface area contributed by atoms with Gasteiger partial charge in [0, 0.05) is 0 Å². The Morgan fingerprint density at radius 2 is 1.88 bits per heavy atom. The van der Waals surface area contributed by atoms with Crippen molar-refractivity contribution in [3.8, 4) is 0 Å². The van der Waals surface area contributed by atoms with Gasteiger partial charge < -0.3 is 0 Å². The van der Waals surface area contributed by atoms with Crippen LogP contribution >= 0.6 is 19.8 Å². The molecule has 0 aromatic heterocycles. The van der Waals surface area contributed by atoms with Crippen LogP contribution in [0.5, 0.6) is 0 Å². The van der Waals surface area contributed by atoms with E-state index in [1.54, 1.807) is 0 Å². The molecule has 4 saturated carbocycles. The van der Waals surface area contributed by atoms with Crippen LogP contribution in [0.2, 0.25) is 0 Å². The van der Waals surface area contributed by atoms with Crippen molar-refractivity contribution >= 4 is 25.8 Å². The van der Waals surface area contributed by atoms with Crippen molar-refractivity contribution in [2.75, 3.05) is 9.86 Å². The van der Waals surface area contributed by atoms with Crippen LogP contribution in [0, 0.1) is 35.0 Å². The van der Waals surface area contributed by atoms with Gasteiger partial charge in [0.2, 0.25) is 0 Å². The van der Waals surface area contributed by atoms with Crippen LogP contribution in [0.15, 0.2) is 0 Å². The zero-order valence-corrected chi connectivity index (χ0v) is 19.2. The van der Waals surface area contributed by atoms with E-state index in [1.165, 1.54) is 32.1 Å². The first-order chi connectivity index (χ1) is 11.7. The molecule has 4 rings (SSSR count). The summed E-state index contributed by atoms with van der Waals surface area (Å²) >= 11 is -0.998. The molecule has 0 aromatic rings. The number of ether oxygens (including phenoxy) is 1. The first-order valence-electron chi connectivity index (χ1n) is 10.4. The van der Waals surface area contributed by atoms with Crippen LogP contribution < -0.4 is 0 Å². The minimum atomic E-state index is -0.998. The fourth-order valence-corrected chi connectivity index (χ4v) is 12.4. The fraction of sp³-hybridized carbons (Fsp3) is 0.955. The molecule has 4 bridgehead atoms. The second-order valence-corrected chi connectivity index (χ2v) is 16.7. The monoisotopic (exact) mass is 460 g/mol. The molecule has 7 atom stereocenters. The van der Waals surface area contributed by atoms with E-state index in [9.17, 15) is 4.79 Å². The van der Waals surface area contributed by atoms with Crippen LogP contribution in [0.3, 0.4) is 0 Å². The van der Waals surface area contributed by atoms with Gasteiger partial charge in [0.05, 0.1) is 0 Å². The molecule has 25 heavy (non-hydrogen) atoms. The third-order valence-electron chi connectivity index (χ3n) is 8.95. The van der Waals surface area contributed by atoms with E-state index in [-0.39, 0.29) is 17.0 Å². The van der Waals surface area contributed by atoms with Crippen molar-refractivity contribution in [3.05, 3.63) is 0 Å². The summed E-state index contributed by atoms with van der Waals surface area (Å²) in [5, 5.41) is 0. The summed E-state index contributed by atoms with van der Waals surface area (Å²) in [4.78, 5) is 18.2. The SMILES string of the molecule is CCC(C)(C)C(=O)OC1(CC)CC2(I(C)C)CC1C1C3CCC(C3)C12. The van der Waals surface area contributed by atoms with E-state index < -0.39 is 19.8 Å². The van der Waals surface area contributed by atoms with E-state index >= 15 is 0 Å². The van der Waals surface area contributed by atoms with Gasteiger partial charge in [-0.05, 0) is 0 Å². The van der Waals surface area contributed by atoms with Crippen LogP contribution in [-0.2, 0) is 9.53 Å². The average molecular weight is 460 g/mol. The van der Waals surface area contributed by atoms with E-state index in [0.717, 1.165) is 36.5 Å². The summed E-state index contributed by atoms with van der Waals surface area (Å²) in [6.07, 6.45) is 8.91. The summed E-state index contributed by atoms with van der Waals surface area (Å²) in [5.41, 5.74) is -0.487. The van der Waals surface area contributed by atoms with Crippen molar-refractivity contribution in [2.24, 2.45) is 35.0 Å². The van der Waals surface area contributed by atoms with Gasteiger partial charge in [0.1, 0.15) is 0 Å². The predicted molar refractivity (Wildman–Crippen MR) is 112 cm³/mol. The molecular formula is C22H37IO2. The second-order valence-electron chi connectivity index (χ2n) is 10.3. The molecule has 0 aliphatic heterocycles. The Labute approximate surface area is 161 Å². The van der Waals surface area contributed by atoms with E-state index in [2.05, 4.69) is 37.6 Å². The normalized spacial score (nSPS) is 47.9. The number of alkyl halides is 3. The molecule has 7 unspecified atom stereocenters. The molecule has 144 valence electrons. The second kappa shape index (κ2) is 5.85. The molecule has 3 heteroatoms. The Balaban J connectivity index is 1.69. The predicted octanol–water partition coefficient (Wildman–Crippen LogP) is 5.71. The Hall–Kier alpha value is 0.200. The third-order valence-corrected chi connectivity index (χ3v) is 14.8. The van der Waals surface area contributed by atoms with Crippen molar-refractivity contribution < 1.29 is 9.53 Å². The van der Waals surface area contributed by atoms with Gasteiger partial charge in [-0.15, -0.1) is 0 Å². The summed E-state index contributed by atoms with van der Waals surface area (Å²) in [6.45, 7) is 8.50. The molecule has 0 N–H and O–H groups in total. The molecule has 0 amide bonds. The quantitative estimate of drug-likeness (QED) is 0.228. The van der Waals surface area contributed by atoms with Crippen LogP contribution in [0.1, 0.15) is 72.6 Å². The number of carbonyl (C=O) groups excluding carboxylic acids is 1. The number of fused-ring (bicyclic) bond motifs is 9. The van der Waals surface area contributed by atoms with Gasteiger partial charge in [-0.1, -0.05) is 0 Å². The van der Waals surface area contributed by atoms with E-state index in [1.807, 2.05) is 0 Å². The average Bonchev–Trinajstić information content (AvgIpc) is 3.31. The van der Waals surface area contributed by atoms with Gasteiger partial charge >= 0.3 is 162 Å². The Kier molecular flexibility index (Phi) is 4.34. The first-order valence-corrected chi connectivity index (χ1v) is 15.8.